The van der Waals surface area contributed by atoms with Crippen molar-refractivity contribution < 1.29 is 39.0 Å². The van der Waals surface area contributed by atoms with Crippen molar-refractivity contribution >= 4 is 35.3 Å². The summed E-state index contributed by atoms with van der Waals surface area (Å²) in [4.78, 5) is 77.8. The summed E-state index contributed by atoms with van der Waals surface area (Å²) in [5.41, 5.74) is 0. The smallest absolute Gasteiger partial charge is 0.248 e. The molecule has 1 rings (SSSR count). The number of nitrogens with one attached hydrogen (secondary N) is 4. The highest BCUT2D eigenvalue weighted by Crippen LogP contribution is 2.19. The van der Waals surface area contributed by atoms with Crippen molar-refractivity contribution in [2.24, 2.45) is 5.92 Å². The summed E-state index contributed by atoms with van der Waals surface area (Å²) in [6, 6.07) is -5.41. The van der Waals surface area contributed by atoms with Gasteiger partial charge in [-0.3, -0.25) is 28.8 Å². The first-order valence-corrected chi connectivity index (χ1v) is 18.1. The molecule has 5 atom stereocenters. The number of rotatable bonds is 25. The van der Waals surface area contributed by atoms with Crippen LogP contribution in [0.4, 0.5) is 0 Å². The number of aliphatic hydroxyl groups excluding tert-OH is 2. The van der Waals surface area contributed by atoms with E-state index in [-0.39, 0.29) is 30.6 Å². The highest BCUT2D eigenvalue weighted by atomic mass is 16.3. The number of ketones is 1. The van der Waals surface area contributed by atoms with Crippen LogP contribution in [-0.2, 0) is 28.8 Å². The lowest BCUT2D eigenvalue weighted by molar-refractivity contribution is -0.143. The van der Waals surface area contributed by atoms with Crippen LogP contribution in [-0.4, -0.2) is 100 Å². The Labute approximate surface area is 287 Å². The van der Waals surface area contributed by atoms with E-state index in [2.05, 4.69) is 28.2 Å². The Bertz CT molecular complexity index is 1020. The largest absolute Gasteiger partial charge is 0.394 e. The molecule has 0 bridgehead atoms. The zero-order chi connectivity index (χ0) is 36.1. The summed E-state index contributed by atoms with van der Waals surface area (Å²) in [6.07, 6.45) is 14.2. The molecule has 0 aromatic rings. The molecule has 0 saturated carbocycles. The van der Waals surface area contributed by atoms with E-state index in [0.29, 0.717) is 25.7 Å². The molecule has 0 spiro atoms. The number of nitrogens with zero attached hydrogens (tertiary/aromatic N) is 1. The first-order valence-electron chi connectivity index (χ1n) is 18.1. The third kappa shape index (κ3) is 16.4. The van der Waals surface area contributed by atoms with E-state index in [1.165, 1.54) is 63.7 Å². The number of hydrogen-bond donors (Lipinski definition) is 6. The average molecular weight is 682 g/mol. The Hall–Kier alpha value is -3.06. The molecule has 0 aromatic carbocycles. The number of hydrogen-bond acceptors (Lipinski definition) is 8. The molecule has 0 unspecified atom stereocenters. The van der Waals surface area contributed by atoms with Gasteiger partial charge >= 0.3 is 0 Å². The van der Waals surface area contributed by atoms with E-state index in [0.717, 1.165) is 19.3 Å². The predicted octanol–water partition coefficient (Wildman–Crippen LogP) is 2.26. The Balaban J connectivity index is 2.65. The van der Waals surface area contributed by atoms with Crippen LogP contribution in [0, 0.1) is 5.92 Å². The lowest BCUT2D eigenvalue weighted by Gasteiger charge is -2.29. The fraction of sp³-hybridized carbons (Fsp3) is 0.829. The van der Waals surface area contributed by atoms with Gasteiger partial charge in [-0.05, 0) is 45.4 Å². The molecule has 48 heavy (non-hydrogen) atoms. The minimum absolute atomic E-state index is 0.0462. The Morgan fingerprint density at radius 2 is 1.23 bits per heavy atom. The fourth-order valence-corrected chi connectivity index (χ4v) is 5.76. The fourth-order valence-electron chi connectivity index (χ4n) is 5.76. The molecule has 1 aliphatic heterocycles. The molecule has 1 aliphatic rings. The summed E-state index contributed by atoms with van der Waals surface area (Å²) < 4.78 is 0. The van der Waals surface area contributed by atoms with Crippen LogP contribution in [0.5, 0.6) is 0 Å². The summed E-state index contributed by atoms with van der Waals surface area (Å²) in [5, 5.41) is 30.1. The van der Waals surface area contributed by atoms with Crippen LogP contribution in [0.1, 0.15) is 131 Å². The topological polar surface area (TPSA) is 194 Å². The maximum Gasteiger partial charge on any atom is 0.248 e. The molecule has 0 aliphatic carbocycles. The molecule has 0 aromatic heterocycles. The summed E-state index contributed by atoms with van der Waals surface area (Å²) >= 11 is 0. The average Bonchev–Trinajstić information content (AvgIpc) is 3.54. The van der Waals surface area contributed by atoms with Crippen LogP contribution in [0.3, 0.4) is 0 Å². The molecule has 13 nitrogen and oxygen atoms in total. The normalized spacial score (nSPS) is 16.9. The van der Waals surface area contributed by atoms with Crippen molar-refractivity contribution in [1.82, 2.24) is 26.2 Å². The minimum Gasteiger partial charge on any atom is -0.394 e. The van der Waals surface area contributed by atoms with Gasteiger partial charge in [-0.1, -0.05) is 85.0 Å². The van der Waals surface area contributed by atoms with E-state index >= 15 is 0 Å². The molecule has 1 heterocycles. The number of amides is 5. The molecular weight excluding hydrogens is 618 g/mol. The number of unbranched alkanes of at least 4 members (excludes halogenated alkanes) is 10. The van der Waals surface area contributed by atoms with Crippen LogP contribution >= 0.6 is 0 Å². The summed E-state index contributed by atoms with van der Waals surface area (Å²) in [6.45, 7) is 7.54. The highest BCUT2D eigenvalue weighted by molar-refractivity contribution is 5.96. The SMILES string of the molecule is CCCCCCCCCCCCCC(=O)N[C@@H](CC(C)C)C(=O)N[C@@H](CO)C(=O)N[C@@H](CO)C(=O)N1CCC[C@@H]1C(=O)N[C@@H](C)C(C)=O. The molecule has 13 heteroatoms. The van der Waals surface area contributed by atoms with Crippen LogP contribution in [0.25, 0.3) is 0 Å². The van der Waals surface area contributed by atoms with E-state index in [1.54, 1.807) is 0 Å². The molecular formula is C35H63N5O8. The maximum atomic E-state index is 13.3. The quantitative estimate of drug-likeness (QED) is 0.0790. The third-order valence-electron chi connectivity index (χ3n) is 8.79. The van der Waals surface area contributed by atoms with Gasteiger partial charge in [-0.2, -0.15) is 0 Å². The monoisotopic (exact) mass is 681 g/mol. The van der Waals surface area contributed by atoms with E-state index < -0.39 is 67.1 Å². The van der Waals surface area contributed by atoms with Gasteiger partial charge in [0.25, 0.3) is 0 Å². The van der Waals surface area contributed by atoms with Crippen LogP contribution in [0.15, 0.2) is 0 Å². The van der Waals surface area contributed by atoms with Gasteiger partial charge < -0.3 is 36.4 Å². The van der Waals surface area contributed by atoms with E-state index in [4.69, 9.17) is 0 Å². The lowest BCUT2D eigenvalue weighted by atomic mass is 10.0. The maximum absolute atomic E-state index is 13.3. The Morgan fingerprint density at radius 1 is 0.708 bits per heavy atom. The zero-order valence-electron chi connectivity index (χ0n) is 30.0. The van der Waals surface area contributed by atoms with E-state index in [9.17, 15) is 39.0 Å². The van der Waals surface area contributed by atoms with Crippen molar-refractivity contribution in [3.8, 4) is 0 Å². The standard InChI is InChI=1S/C35H63N5O8/c1-6-7-8-9-10-11-12-13-14-15-16-19-31(44)37-27(21-24(2)3)32(45)38-28(22-41)33(46)39-29(23-42)35(48)40-20-17-18-30(40)34(47)36-25(4)26(5)43/h24-25,27-30,41-42H,6-23H2,1-5H3,(H,36,47)(H,37,44)(H,38,45)(H,39,46)/t25-,27-,28-,29-,30+/m0/s1. The molecule has 6 N–H and O–H groups in total. The van der Waals surface area contributed by atoms with Gasteiger partial charge in [0, 0.05) is 13.0 Å². The number of carbonyl (C=O) groups excluding carboxylic acids is 6. The number of carbonyl (C=O) groups is 6. The van der Waals surface area contributed by atoms with Crippen molar-refractivity contribution in [3.05, 3.63) is 0 Å². The van der Waals surface area contributed by atoms with Crippen molar-refractivity contribution in [3.63, 3.8) is 0 Å². The Morgan fingerprint density at radius 3 is 1.75 bits per heavy atom. The van der Waals surface area contributed by atoms with Crippen molar-refractivity contribution in [1.29, 1.82) is 0 Å². The second-order valence-electron chi connectivity index (χ2n) is 13.6. The van der Waals surface area contributed by atoms with Gasteiger partial charge in [-0.25, -0.2) is 0 Å². The van der Waals surface area contributed by atoms with Crippen LogP contribution in [0.2, 0.25) is 0 Å². The lowest BCUT2D eigenvalue weighted by Crippen LogP contribution is -2.60. The van der Waals surface area contributed by atoms with Gasteiger partial charge in [-0.15, -0.1) is 0 Å². The molecule has 5 amide bonds. The first-order chi connectivity index (χ1) is 22.9. The molecule has 0 radical (unpaired) electrons. The molecule has 1 fully saturated rings. The van der Waals surface area contributed by atoms with Gasteiger partial charge in [0.15, 0.2) is 5.78 Å². The van der Waals surface area contributed by atoms with Gasteiger partial charge in [0.1, 0.15) is 24.2 Å². The van der Waals surface area contributed by atoms with Gasteiger partial charge in [0.05, 0.1) is 19.3 Å². The number of aliphatic hydroxyl groups is 2. The Kier molecular flexibility index (Phi) is 21.6. The zero-order valence-corrected chi connectivity index (χ0v) is 30.0. The second-order valence-corrected chi connectivity index (χ2v) is 13.6. The molecule has 1 saturated heterocycles. The van der Waals surface area contributed by atoms with Crippen LogP contribution < -0.4 is 21.3 Å². The van der Waals surface area contributed by atoms with E-state index in [1.807, 2.05) is 13.8 Å². The predicted molar refractivity (Wildman–Crippen MR) is 184 cm³/mol. The minimum atomic E-state index is -1.45. The summed E-state index contributed by atoms with van der Waals surface area (Å²) in [5.74, 6) is -3.21. The third-order valence-corrected chi connectivity index (χ3v) is 8.79. The number of likely N-dealkylation sites (tertiary alicyclic amines) is 1. The molecule has 276 valence electrons. The van der Waals surface area contributed by atoms with Gasteiger partial charge in [0.2, 0.25) is 29.5 Å². The van der Waals surface area contributed by atoms with Crippen molar-refractivity contribution in [2.45, 2.75) is 161 Å². The highest BCUT2D eigenvalue weighted by Gasteiger charge is 2.39. The second kappa shape index (κ2) is 24.1. The summed E-state index contributed by atoms with van der Waals surface area (Å²) in [7, 11) is 0. The van der Waals surface area contributed by atoms with Crippen molar-refractivity contribution in [2.75, 3.05) is 19.8 Å². The first kappa shape index (κ1) is 43.0. The number of Topliss-reactive ketones (excluding diaryl/α,β-unsaturated/α-hetero) is 1.